The molecular formula is C35H36O13. The van der Waals surface area contributed by atoms with Crippen molar-refractivity contribution < 1.29 is 62.7 Å². The van der Waals surface area contributed by atoms with Gasteiger partial charge in [0, 0.05) is 11.8 Å². The number of rotatable bonds is 7. The van der Waals surface area contributed by atoms with E-state index in [1.807, 2.05) is 30.3 Å². The van der Waals surface area contributed by atoms with E-state index in [0.717, 1.165) is 5.56 Å². The summed E-state index contributed by atoms with van der Waals surface area (Å²) in [6.07, 6.45) is -6.90. The second-order valence-corrected chi connectivity index (χ2v) is 12.6. The number of hydrogen-bond acceptors (Lipinski definition) is 13. The number of esters is 1. The number of aliphatic hydroxyl groups is 2. The molecule has 5 aliphatic rings. The third kappa shape index (κ3) is 5.31. The minimum Gasteiger partial charge on any atom is -0.504 e. The van der Waals surface area contributed by atoms with Crippen LogP contribution >= 0.6 is 0 Å². The number of aliphatic hydroxyl groups excluding tert-OH is 2. The summed E-state index contributed by atoms with van der Waals surface area (Å²) in [5.74, 6) is -1.09. The Morgan fingerprint density at radius 2 is 1.69 bits per heavy atom. The first kappa shape index (κ1) is 31.2. The molecule has 254 valence electrons. The number of carbonyl (C=O) groups is 1. The molecule has 3 N–H and O–H groups in total. The Bertz CT molecular complexity index is 1680. The summed E-state index contributed by atoms with van der Waals surface area (Å²) < 4.78 is 52.7. The molecule has 13 heteroatoms. The van der Waals surface area contributed by atoms with E-state index in [9.17, 15) is 20.1 Å². The van der Waals surface area contributed by atoms with Crippen LogP contribution in [0.4, 0.5) is 0 Å². The van der Waals surface area contributed by atoms with Crippen LogP contribution in [-0.4, -0.2) is 85.4 Å². The fourth-order valence-corrected chi connectivity index (χ4v) is 7.46. The van der Waals surface area contributed by atoms with Crippen LogP contribution in [0.25, 0.3) is 0 Å². The lowest BCUT2D eigenvalue weighted by molar-refractivity contribution is -0.364. The molecule has 0 spiro atoms. The Balaban J connectivity index is 1.17. The Morgan fingerprint density at radius 3 is 2.46 bits per heavy atom. The molecule has 3 saturated heterocycles. The highest BCUT2D eigenvalue weighted by atomic mass is 16.8. The van der Waals surface area contributed by atoms with Gasteiger partial charge in [-0.25, -0.2) is 0 Å². The molecule has 48 heavy (non-hydrogen) atoms. The highest BCUT2D eigenvalue weighted by molar-refractivity contribution is 5.79. The number of fused-ring (bicyclic) bond motifs is 4. The standard InChI is InChI=1S/C35H36O13/c1-16-41-14-26-33(46-16)29(37)30(38)35(47-26)48-31-20-11-24-23(44-15-45-24)10-19(20)27(28-21(31)13-43-34(28)39)18-8-22(36)32(25(9-18)40-2)42-12-17-6-4-3-5-7-17/h3-11,16,21,26-31,33,35-38H,12-15H2,1-2H3/t16-,21?,26-,27-,28+,29-,30+,31?,33-,35+/m1/s1. The zero-order valence-electron chi connectivity index (χ0n) is 26.2. The van der Waals surface area contributed by atoms with Gasteiger partial charge in [-0.1, -0.05) is 30.3 Å². The van der Waals surface area contributed by atoms with E-state index >= 15 is 0 Å². The van der Waals surface area contributed by atoms with Crippen LogP contribution in [0.2, 0.25) is 0 Å². The average Bonchev–Trinajstić information content (AvgIpc) is 3.72. The Morgan fingerprint density at radius 1 is 0.917 bits per heavy atom. The van der Waals surface area contributed by atoms with Crippen molar-refractivity contribution in [1.82, 2.24) is 0 Å². The van der Waals surface area contributed by atoms with E-state index in [4.69, 9.17) is 42.6 Å². The Labute approximate surface area is 275 Å². The van der Waals surface area contributed by atoms with Crippen LogP contribution < -0.4 is 18.9 Å². The summed E-state index contributed by atoms with van der Waals surface area (Å²) in [6, 6.07) is 16.5. The molecule has 8 rings (SSSR count). The first-order chi connectivity index (χ1) is 23.3. The predicted octanol–water partition coefficient (Wildman–Crippen LogP) is 2.91. The maximum absolute atomic E-state index is 13.6. The summed E-state index contributed by atoms with van der Waals surface area (Å²) in [5.41, 5.74) is 2.83. The van der Waals surface area contributed by atoms with Gasteiger partial charge in [0.15, 0.2) is 35.6 Å². The Hall–Kier alpha value is -4.11. The van der Waals surface area contributed by atoms with E-state index in [-0.39, 0.29) is 43.9 Å². The number of phenolic OH excluding ortho intramolecular Hbond substituents is 1. The van der Waals surface area contributed by atoms with Gasteiger partial charge in [-0.2, -0.15) is 0 Å². The predicted molar refractivity (Wildman–Crippen MR) is 163 cm³/mol. The molecule has 0 bridgehead atoms. The van der Waals surface area contributed by atoms with Crippen molar-refractivity contribution in [2.45, 2.75) is 62.5 Å². The number of cyclic esters (lactones) is 1. The second kappa shape index (κ2) is 12.4. The highest BCUT2D eigenvalue weighted by Gasteiger charge is 2.56. The van der Waals surface area contributed by atoms with Crippen LogP contribution in [0, 0.1) is 11.8 Å². The van der Waals surface area contributed by atoms with Crippen LogP contribution in [0.15, 0.2) is 54.6 Å². The lowest BCUT2D eigenvalue weighted by Crippen LogP contribution is -2.63. The van der Waals surface area contributed by atoms with Crippen molar-refractivity contribution in [3.63, 3.8) is 0 Å². The molecule has 10 atom stereocenters. The first-order valence-electron chi connectivity index (χ1n) is 15.9. The summed E-state index contributed by atoms with van der Waals surface area (Å²) in [5, 5.41) is 33.4. The minimum atomic E-state index is -1.45. The summed E-state index contributed by atoms with van der Waals surface area (Å²) in [4.78, 5) is 13.6. The average molecular weight is 665 g/mol. The van der Waals surface area contributed by atoms with Gasteiger partial charge in [0.1, 0.15) is 31.0 Å². The molecule has 3 aromatic carbocycles. The third-order valence-electron chi connectivity index (χ3n) is 9.75. The van der Waals surface area contributed by atoms with Gasteiger partial charge < -0.3 is 58.0 Å². The van der Waals surface area contributed by atoms with Crippen molar-refractivity contribution in [3.8, 4) is 28.7 Å². The quantitative estimate of drug-likeness (QED) is 0.317. The lowest BCUT2D eigenvalue weighted by Gasteiger charge is -2.47. The molecular weight excluding hydrogens is 628 g/mol. The monoisotopic (exact) mass is 664 g/mol. The summed E-state index contributed by atoms with van der Waals surface area (Å²) in [7, 11) is 1.48. The highest BCUT2D eigenvalue weighted by Crippen LogP contribution is 2.57. The molecule has 1 aliphatic carbocycles. The first-order valence-corrected chi connectivity index (χ1v) is 15.9. The topological polar surface area (TPSA) is 161 Å². The van der Waals surface area contributed by atoms with Crippen molar-refractivity contribution in [2.24, 2.45) is 11.8 Å². The van der Waals surface area contributed by atoms with E-state index in [0.29, 0.717) is 28.2 Å². The number of aromatic hydroxyl groups is 1. The van der Waals surface area contributed by atoms with Gasteiger partial charge in [0.25, 0.3) is 0 Å². The number of benzene rings is 3. The van der Waals surface area contributed by atoms with E-state index < -0.39 is 66.8 Å². The van der Waals surface area contributed by atoms with Crippen molar-refractivity contribution in [3.05, 3.63) is 76.9 Å². The molecule has 13 nitrogen and oxygen atoms in total. The molecule has 0 amide bonds. The number of phenols is 1. The number of carbonyl (C=O) groups excluding carboxylic acids is 1. The largest absolute Gasteiger partial charge is 0.504 e. The van der Waals surface area contributed by atoms with Crippen LogP contribution in [0.5, 0.6) is 28.7 Å². The molecule has 2 unspecified atom stereocenters. The molecule has 0 radical (unpaired) electrons. The molecule has 4 aliphatic heterocycles. The summed E-state index contributed by atoms with van der Waals surface area (Å²) in [6.45, 7) is 2.10. The third-order valence-corrected chi connectivity index (χ3v) is 9.75. The van der Waals surface area contributed by atoms with E-state index in [1.54, 1.807) is 31.2 Å². The van der Waals surface area contributed by atoms with Gasteiger partial charge in [0.2, 0.25) is 12.5 Å². The lowest BCUT2D eigenvalue weighted by atomic mass is 9.66. The fourth-order valence-electron chi connectivity index (χ4n) is 7.46. The summed E-state index contributed by atoms with van der Waals surface area (Å²) >= 11 is 0. The zero-order valence-corrected chi connectivity index (χ0v) is 26.2. The van der Waals surface area contributed by atoms with Crippen LogP contribution in [-0.2, 0) is 35.1 Å². The SMILES string of the molecule is COc1cc([C@@H]2c3cc4c(cc3C(O[C@@H]3O[C@@H]5CO[C@@H](C)O[C@H]5[C@H](O)[C@@H]3O)C3COC(=O)[C@@H]32)OCO4)cc(O)c1OCc1ccccc1. The smallest absolute Gasteiger partial charge is 0.310 e. The van der Waals surface area contributed by atoms with Crippen LogP contribution in [0.3, 0.4) is 0 Å². The van der Waals surface area contributed by atoms with E-state index in [1.165, 1.54) is 7.11 Å². The number of ether oxygens (including phenoxy) is 9. The fraction of sp³-hybridized carbons (Fsp3) is 0.457. The van der Waals surface area contributed by atoms with Crippen molar-refractivity contribution in [2.75, 3.05) is 27.1 Å². The Kier molecular flexibility index (Phi) is 8.06. The van der Waals surface area contributed by atoms with E-state index in [2.05, 4.69) is 0 Å². The van der Waals surface area contributed by atoms with Gasteiger partial charge in [-0.3, -0.25) is 4.79 Å². The van der Waals surface area contributed by atoms with Gasteiger partial charge in [0.05, 0.1) is 32.3 Å². The molecule has 3 aromatic rings. The number of hydrogen-bond donors (Lipinski definition) is 3. The van der Waals surface area contributed by atoms with Crippen molar-refractivity contribution >= 4 is 5.97 Å². The normalized spacial score (nSPS) is 33.3. The zero-order chi connectivity index (χ0) is 33.1. The molecule has 4 heterocycles. The van der Waals surface area contributed by atoms with Gasteiger partial charge in [-0.15, -0.1) is 0 Å². The van der Waals surface area contributed by atoms with Gasteiger partial charge >= 0.3 is 5.97 Å². The number of methoxy groups -OCH3 is 1. The van der Waals surface area contributed by atoms with Crippen LogP contribution in [0.1, 0.15) is 41.2 Å². The molecule has 0 saturated carbocycles. The second-order valence-electron chi connectivity index (χ2n) is 12.6. The van der Waals surface area contributed by atoms with Crippen molar-refractivity contribution in [1.29, 1.82) is 0 Å². The minimum absolute atomic E-state index is 0.0174. The maximum Gasteiger partial charge on any atom is 0.310 e. The molecule has 3 fully saturated rings. The van der Waals surface area contributed by atoms with Gasteiger partial charge in [-0.05, 0) is 53.4 Å². The molecule has 0 aromatic heterocycles. The maximum atomic E-state index is 13.6.